The van der Waals surface area contributed by atoms with Crippen molar-refractivity contribution in [2.45, 2.75) is 44.1 Å². The largest absolute Gasteiger partial charge is 0.416 e. The van der Waals surface area contributed by atoms with Gasteiger partial charge in [0.1, 0.15) is 5.25 Å². The number of rotatable bonds is 6. The van der Waals surface area contributed by atoms with E-state index in [-0.39, 0.29) is 11.8 Å². The van der Waals surface area contributed by atoms with Crippen LogP contribution in [0.15, 0.2) is 58.2 Å². The Balaban J connectivity index is 1.87. The Kier molecular flexibility index (Phi) is 5.96. The SMILES string of the molecule is Cc1ccc(C)c(NC(=O)[C@H](Sc2nnc(C(C)C)o2)c2ccccc2)c1. The molecule has 3 aromatic rings. The van der Waals surface area contributed by atoms with Gasteiger partial charge >= 0.3 is 0 Å². The lowest BCUT2D eigenvalue weighted by molar-refractivity contribution is -0.115. The lowest BCUT2D eigenvalue weighted by atomic mass is 10.1. The van der Waals surface area contributed by atoms with E-state index in [1.54, 1.807) is 0 Å². The quantitative estimate of drug-likeness (QED) is 0.588. The molecule has 0 bridgehead atoms. The Morgan fingerprint density at radius 1 is 1.07 bits per heavy atom. The first-order valence-corrected chi connectivity index (χ1v) is 9.75. The fourth-order valence-corrected chi connectivity index (χ4v) is 3.45. The summed E-state index contributed by atoms with van der Waals surface area (Å²) in [6, 6.07) is 15.6. The second-order valence-electron chi connectivity index (χ2n) is 6.78. The summed E-state index contributed by atoms with van der Waals surface area (Å²) >= 11 is 1.27. The summed E-state index contributed by atoms with van der Waals surface area (Å²) in [5.41, 5.74) is 3.81. The van der Waals surface area contributed by atoms with Crippen molar-refractivity contribution in [3.8, 4) is 0 Å². The minimum atomic E-state index is -0.494. The van der Waals surface area contributed by atoms with E-state index in [4.69, 9.17) is 4.42 Å². The van der Waals surface area contributed by atoms with Crippen molar-refractivity contribution < 1.29 is 9.21 Å². The number of carbonyl (C=O) groups is 1. The van der Waals surface area contributed by atoms with Crippen LogP contribution in [0.1, 0.15) is 47.6 Å². The van der Waals surface area contributed by atoms with Crippen LogP contribution in [0, 0.1) is 13.8 Å². The Hall–Kier alpha value is -2.60. The van der Waals surface area contributed by atoms with Crippen molar-refractivity contribution in [3.63, 3.8) is 0 Å². The van der Waals surface area contributed by atoms with Crippen molar-refractivity contribution in [1.82, 2.24) is 10.2 Å². The number of benzene rings is 2. The number of thioether (sulfide) groups is 1. The monoisotopic (exact) mass is 381 g/mol. The molecule has 0 saturated heterocycles. The van der Waals surface area contributed by atoms with Gasteiger partial charge in [-0.25, -0.2) is 0 Å². The van der Waals surface area contributed by atoms with Crippen LogP contribution in [0.25, 0.3) is 0 Å². The average molecular weight is 382 g/mol. The number of aryl methyl sites for hydroxylation is 2. The van der Waals surface area contributed by atoms with Crippen LogP contribution in [0.4, 0.5) is 5.69 Å². The van der Waals surface area contributed by atoms with Gasteiger partial charge in [-0.05, 0) is 48.4 Å². The molecule has 1 amide bonds. The second kappa shape index (κ2) is 8.39. The number of hydrogen-bond donors (Lipinski definition) is 1. The highest BCUT2D eigenvalue weighted by atomic mass is 32.2. The minimum Gasteiger partial charge on any atom is -0.416 e. The highest BCUT2D eigenvalue weighted by Gasteiger charge is 2.25. The Bertz CT molecular complexity index is 922. The molecule has 27 heavy (non-hydrogen) atoms. The third-order valence-corrected chi connectivity index (χ3v) is 5.21. The van der Waals surface area contributed by atoms with E-state index in [0.717, 1.165) is 22.4 Å². The van der Waals surface area contributed by atoms with Gasteiger partial charge in [0.05, 0.1) is 0 Å². The van der Waals surface area contributed by atoms with Gasteiger partial charge in [-0.2, -0.15) is 0 Å². The van der Waals surface area contributed by atoms with Crippen LogP contribution in [0.3, 0.4) is 0 Å². The zero-order valence-electron chi connectivity index (χ0n) is 15.9. The maximum atomic E-state index is 13.1. The maximum Gasteiger partial charge on any atom is 0.277 e. The fraction of sp³-hybridized carbons (Fsp3) is 0.286. The standard InChI is InChI=1S/C21H23N3O2S/c1-13(2)20-23-24-21(26-20)27-18(16-8-6-5-7-9-16)19(25)22-17-12-14(3)10-11-15(17)4/h5-13,18H,1-4H3,(H,22,25)/t18-/m1/s1. The lowest BCUT2D eigenvalue weighted by Crippen LogP contribution is -2.19. The molecule has 1 atom stereocenters. The van der Waals surface area contributed by atoms with Gasteiger partial charge in [-0.15, -0.1) is 10.2 Å². The van der Waals surface area contributed by atoms with E-state index in [2.05, 4.69) is 15.5 Å². The predicted octanol–water partition coefficient (Wildman–Crippen LogP) is 5.28. The van der Waals surface area contributed by atoms with Crippen molar-refractivity contribution in [3.05, 3.63) is 71.1 Å². The van der Waals surface area contributed by atoms with E-state index in [9.17, 15) is 4.79 Å². The van der Waals surface area contributed by atoms with E-state index in [1.807, 2.05) is 76.2 Å². The van der Waals surface area contributed by atoms with E-state index < -0.39 is 5.25 Å². The Morgan fingerprint density at radius 3 is 2.48 bits per heavy atom. The molecule has 0 aliphatic rings. The molecule has 0 spiro atoms. The van der Waals surface area contributed by atoms with Crippen LogP contribution >= 0.6 is 11.8 Å². The fourth-order valence-electron chi connectivity index (χ4n) is 2.57. The zero-order chi connectivity index (χ0) is 19.4. The predicted molar refractivity (Wildman–Crippen MR) is 108 cm³/mol. The molecular weight excluding hydrogens is 358 g/mol. The van der Waals surface area contributed by atoms with Gasteiger partial charge in [0, 0.05) is 11.6 Å². The molecule has 0 saturated carbocycles. The molecule has 0 radical (unpaired) electrons. The smallest absolute Gasteiger partial charge is 0.277 e. The molecule has 2 aromatic carbocycles. The summed E-state index contributed by atoms with van der Waals surface area (Å²) in [6.45, 7) is 7.96. The van der Waals surface area contributed by atoms with Gasteiger partial charge < -0.3 is 9.73 Å². The van der Waals surface area contributed by atoms with Crippen molar-refractivity contribution >= 4 is 23.4 Å². The summed E-state index contributed by atoms with van der Waals surface area (Å²) in [5.74, 6) is 0.592. The molecule has 0 aliphatic heterocycles. The van der Waals surface area contributed by atoms with Crippen LogP contribution in [-0.4, -0.2) is 16.1 Å². The molecule has 5 nitrogen and oxygen atoms in total. The number of nitrogens with zero attached hydrogens (tertiary/aromatic N) is 2. The van der Waals surface area contributed by atoms with Gasteiger partial charge in [-0.3, -0.25) is 4.79 Å². The molecule has 1 aromatic heterocycles. The number of hydrogen-bond acceptors (Lipinski definition) is 5. The van der Waals surface area contributed by atoms with E-state index in [1.165, 1.54) is 11.8 Å². The molecule has 3 rings (SSSR count). The Morgan fingerprint density at radius 2 is 1.81 bits per heavy atom. The minimum absolute atomic E-state index is 0.121. The summed E-state index contributed by atoms with van der Waals surface area (Å²) in [4.78, 5) is 13.1. The second-order valence-corrected chi connectivity index (χ2v) is 7.83. The third kappa shape index (κ3) is 4.77. The van der Waals surface area contributed by atoms with Crippen molar-refractivity contribution in [2.75, 3.05) is 5.32 Å². The zero-order valence-corrected chi connectivity index (χ0v) is 16.7. The number of nitrogens with one attached hydrogen (secondary N) is 1. The number of carbonyl (C=O) groups excluding carboxylic acids is 1. The topological polar surface area (TPSA) is 68.0 Å². The summed E-state index contributed by atoms with van der Waals surface area (Å²) < 4.78 is 5.70. The first-order valence-electron chi connectivity index (χ1n) is 8.87. The average Bonchev–Trinajstić information content (AvgIpc) is 3.12. The van der Waals surface area contributed by atoms with Gasteiger partial charge in [-0.1, -0.05) is 56.3 Å². The molecule has 6 heteroatoms. The van der Waals surface area contributed by atoms with Crippen molar-refractivity contribution in [2.24, 2.45) is 0 Å². The van der Waals surface area contributed by atoms with Crippen LogP contribution in [-0.2, 0) is 4.79 Å². The van der Waals surface area contributed by atoms with Crippen LogP contribution in [0.2, 0.25) is 0 Å². The maximum absolute atomic E-state index is 13.1. The molecule has 0 fully saturated rings. The summed E-state index contributed by atoms with van der Waals surface area (Å²) in [7, 11) is 0. The van der Waals surface area contributed by atoms with Gasteiger partial charge in [0.25, 0.3) is 5.22 Å². The summed E-state index contributed by atoms with van der Waals surface area (Å²) in [5, 5.41) is 11.1. The molecule has 1 heterocycles. The first-order chi connectivity index (χ1) is 12.9. The van der Waals surface area contributed by atoms with E-state index in [0.29, 0.717) is 11.1 Å². The highest BCUT2D eigenvalue weighted by molar-refractivity contribution is 8.00. The van der Waals surface area contributed by atoms with Gasteiger partial charge in [0.15, 0.2) is 0 Å². The molecular formula is C21H23N3O2S. The third-order valence-electron chi connectivity index (χ3n) is 4.13. The highest BCUT2D eigenvalue weighted by Crippen LogP contribution is 2.36. The van der Waals surface area contributed by atoms with Crippen LogP contribution in [0.5, 0.6) is 0 Å². The van der Waals surface area contributed by atoms with Crippen molar-refractivity contribution in [1.29, 1.82) is 0 Å². The first kappa shape index (κ1) is 19.2. The Labute approximate surface area is 163 Å². The summed E-state index contributed by atoms with van der Waals surface area (Å²) in [6.07, 6.45) is 0. The normalized spacial score (nSPS) is 12.2. The van der Waals surface area contributed by atoms with Crippen LogP contribution < -0.4 is 5.32 Å². The van der Waals surface area contributed by atoms with E-state index >= 15 is 0 Å². The van der Waals surface area contributed by atoms with Gasteiger partial charge in [0.2, 0.25) is 11.8 Å². The molecule has 1 N–H and O–H groups in total. The number of anilines is 1. The lowest BCUT2D eigenvalue weighted by Gasteiger charge is -2.16. The number of amides is 1. The number of aromatic nitrogens is 2. The molecule has 0 aliphatic carbocycles. The molecule has 140 valence electrons. The molecule has 0 unspecified atom stereocenters.